The maximum atomic E-state index is 13.4. The molecule has 4 atom stereocenters. The molecule has 6 heteroatoms. The van der Waals surface area contributed by atoms with Crippen LogP contribution in [0.4, 0.5) is 0 Å². The number of allylic oxidation sites excluding steroid dienone is 2. The van der Waals surface area contributed by atoms with E-state index in [1.165, 1.54) is 17.9 Å². The highest BCUT2D eigenvalue weighted by Gasteiger charge is 2.81. The second-order valence-electron chi connectivity index (χ2n) is 7.45. The van der Waals surface area contributed by atoms with Gasteiger partial charge in [0, 0.05) is 12.1 Å². The van der Waals surface area contributed by atoms with Gasteiger partial charge < -0.3 is 9.64 Å². The Morgan fingerprint density at radius 2 is 1.88 bits per heavy atom. The summed E-state index contributed by atoms with van der Waals surface area (Å²) in [5, 5.41) is 0. The Bertz CT molecular complexity index is 919. The molecule has 4 aliphatic rings. The largest absolute Gasteiger partial charge is 0.330 e. The van der Waals surface area contributed by atoms with Gasteiger partial charge in [0.25, 0.3) is 5.91 Å². The monoisotopic (exact) mass is 351 g/mol. The summed E-state index contributed by atoms with van der Waals surface area (Å²) in [7, 11) is 0. The van der Waals surface area contributed by atoms with Gasteiger partial charge in [-0.2, -0.15) is 0 Å². The predicted molar refractivity (Wildman–Crippen MR) is 89.6 cm³/mol. The number of hydrogen-bond donors (Lipinski definition) is 0. The summed E-state index contributed by atoms with van der Waals surface area (Å²) >= 11 is 0. The molecule has 1 aromatic carbocycles. The first-order valence-corrected chi connectivity index (χ1v) is 8.82. The number of amides is 1. The highest BCUT2D eigenvalue weighted by atomic mass is 16.6. The Balaban J connectivity index is 1.73. The molecule has 1 aliphatic carbocycles. The SMILES string of the molecule is CC(=O)C12OC3(CCCN3C1=O)[C@@H]1C(=O)C=C(c3ccccc3)C(=O)[C@@H]12. The first kappa shape index (κ1) is 15.6. The molecule has 132 valence electrons. The molecule has 2 bridgehead atoms. The van der Waals surface area contributed by atoms with Crippen molar-refractivity contribution in [2.24, 2.45) is 11.8 Å². The van der Waals surface area contributed by atoms with Crippen LogP contribution in [0.3, 0.4) is 0 Å². The number of piperidine rings is 1. The van der Waals surface area contributed by atoms with Crippen LogP contribution in [-0.4, -0.2) is 46.0 Å². The van der Waals surface area contributed by atoms with E-state index in [9.17, 15) is 19.2 Å². The lowest BCUT2D eigenvalue weighted by Gasteiger charge is -2.41. The lowest BCUT2D eigenvalue weighted by atomic mass is 9.63. The molecule has 1 aromatic rings. The number of Topliss-reactive ketones (excluding diaryl/α,β-unsaturated/α-hetero) is 2. The molecule has 26 heavy (non-hydrogen) atoms. The van der Waals surface area contributed by atoms with Gasteiger partial charge in [0.05, 0.1) is 11.8 Å². The topological polar surface area (TPSA) is 80.8 Å². The average Bonchev–Trinajstić information content (AvgIpc) is 3.26. The van der Waals surface area contributed by atoms with Crippen molar-refractivity contribution in [1.29, 1.82) is 0 Å². The zero-order valence-corrected chi connectivity index (χ0v) is 14.2. The van der Waals surface area contributed by atoms with Crippen LogP contribution in [-0.2, 0) is 23.9 Å². The van der Waals surface area contributed by atoms with Crippen molar-refractivity contribution in [3.05, 3.63) is 42.0 Å². The maximum Gasteiger partial charge on any atom is 0.265 e. The normalized spacial score (nSPS) is 37.7. The lowest BCUT2D eigenvalue weighted by molar-refractivity contribution is -0.155. The fourth-order valence-corrected chi connectivity index (χ4v) is 5.27. The average molecular weight is 351 g/mol. The Hall–Kier alpha value is -2.60. The van der Waals surface area contributed by atoms with Crippen LogP contribution in [0.5, 0.6) is 0 Å². The molecule has 3 heterocycles. The Morgan fingerprint density at radius 3 is 2.58 bits per heavy atom. The number of carbonyl (C=O) groups excluding carboxylic acids is 4. The van der Waals surface area contributed by atoms with E-state index < -0.39 is 34.9 Å². The van der Waals surface area contributed by atoms with E-state index in [1.54, 1.807) is 24.3 Å². The van der Waals surface area contributed by atoms with E-state index in [-0.39, 0.29) is 17.1 Å². The molecular formula is C20H17NO5. The Kier molecular flexibility index (Phi) is 2.87. The smallest absolute Gasteiger partial charge is 0.265 e. The number of nitrogens with zero attached hydrogens (tertiary/aromatic N) is 1. The van der Waals surface area contributed by atoms with E-state index in [0.717, 1.165) is 0 Å². The van der Waals surface area contributed by atoms with Crippen molar-refractivity contribution in [3.8, 4) is 0 Å². The number of benzene rings is 1. The minimum Gasteiger partial charge on any atom is -0.330 e. The van der Waals surface area contributed by atoms with Crippen LogP contribution in [0.1, 0.15) is 25.3 Å². The van der Waals surface area contributed by atoms with Crippen LogP contribution < -0.4 is 0 Å². The van der Waals surface area contributed by atoms with Crippen molar-refractivity contribution in [1.82, 2.24) is 4.90 Å². The molecule has 0 radical (unpaired) electrons. The van der Waals surface area contributed by atoms with Crippen LogP contribution in [0, 0.1) is 11.8 Å². The summed E-state index contributed by atoms with van der Waals surface area (Å²) < 4.78 is 6.07. The molecule has 1 amide bonds. The summed E-state index contributed by atoms with van der Waals surface area (Å²) in [6, 6.07) is 8.86. The second kappa shape index (κ2) is 4.76. The van der Waals surface area contributed by atoms with Crippen molar-refractivity contribution in [3.63, 3.8) is 0 Å². The summed E-state index contributed by atoms with van der Waals surface area (Å²) in [5.41, 5.74) is -2.13. The van der Waals surface area contributed by atoms with Crippen molar-refractivity contribution >= 4 is 28.8 Å². The molecule has 5 rings (SSSR count). The zero-order valence-electron chi connectivity index (χ0n) is 14.2. The molecule has 1 spiro atoms. The van der Waals surface area contributed by atoms with Gasteiger partial charge in [0.15, 0.2) is 23.1 Å². The molecule has 0 N–H and O–H groups in total. The van der Waals surface area contributed by atoms with E-state index in [2.05, 4.69) is 0 Å². The van der Waals surface area contributed by atoms with Gasteiger partial charge in [-0.1, -0.05) is 30.3 Å². The van der Waals surface area contributed by atoms with E-state index in [0.29, 0.717) is 24.9 Å². The predicted octanol–water partition coefficient (Wildman–Crippen LogP) is 1.14. The zero-order chi connectivity index (χ0) is 18.3. The first-order valence-electron chi connectivity index (χ1n) is 8.82. The maximum absolute atomic E-state index is 13.4. The Labute approximate surface area is 149 Å². The lowest BCUT2D eigenvalue weighted by Crippen LogP contribution is -2.63. The standard InChI is InChI=1S/C20H17NO5/c1-11(22)20-16-15(19(26-20)8-5-9-21(19)18(20)25)14(23)10-13(17(16)24)12-6-3-2-4-7-12/h2-4,6-7,10,15-16H,5,8-9H2,1H3/t15-,16-,19?,20?/m1/s1. The summed E-state index contributed by atoms with van der Waals surface area (Å²) in [6.07, 6.45) is 2.54. The molecule has 3 saturated heterocycles. The van der Waals surface area contributed by atoms with E-state index in [4.69, 9.17) is 4.74 Å². The van der Waals surface area contributed by atoms with Gasteiger partial charge in [-0.25, -0.2) is 0 Å². The van der Waals surface area contributed by atoms with Gasteiger partial charge in [0.2, 0.25) is 5.60 Å². The molecule has 3 fully saturated rings. The van der Waals surface area contributed by atoms with Crippen LogP contribution >= 0.6 is 0 Å². The second-order valence-corrected chi connectivity index (χ2v) is 7.45. The molecule has 3 aliphatic heterocycles. The highest BCUT2D eigenvalue weighted by Crippen LogP contribution is 2.62. The van der Waals surface area contributed by atoms with Crippen molar-refractivity contribution in [2.45, 2.75) is 31.1 Å². The quantitative estimate of drug-likeness (QED) is 0.747. The third kappa shape index (κ3) is 1.53. The van der Waals surface area contributed by atoms with Gasteiger partial charge in [0.1, 0.15) is 0 Å². The third-order valence-corrected chi connectivity index (χ3v) is 6.28. The summed E-state index contributed by atoms with van der Waals surface area (Å²) in [6.45, 7) is 1.72. The number of hydrogen-bond acceptors (Lipinski definition) is 5. The fourth-order valence-electron chi connectivity index (χ4n) is 5.27. The van der Waals surface area contributed by atoms with Crippen LogP contribution in [0.2, 0.25) is 0 Å². The van der Waals surface area contributed by atoms with E-state index in [1.807, 2.05) is 6.07 Å². The number of ether oxygens (including phenoxy) is 1. The Morgan fingerprint density at radius 1 is 1.15 bits per heavy atom. The summed E-state index contributed by atoms with van der Waals surface area (Å²) in [5.74, 6) is -3.43. The first-order chi connectivity index (χ1) is 12.4. The summed E-state index contributed by atoms with van der Waals surface area (Å²) in [4.78, 5) is 53.5. The minimum absolute atomic E-state index is 0.240. The number of ketones is 3. The fraction of sp³-hybridized carbons (Fsp3) is 0.400. The molecule has 0 saturated carbocycles. The van der Waals surface area contributed by atoms with Gasteiger partial charge in [-0.3, -0.25) is 19.2 Å². The molecule has 0 aromatic heterocycles. The van der Waals surface area contributed by atoms with Crippen molar-refractivity contribution < 1.29 is 23.9 Å². The van der Waals surface area contributed by atoms with Crippen LogP contribution in [0.15, 0.2) is 36.4 Å². The third-order valence-electron chi connectivity index (χ3n) is 6.28. The van der Waals surface area contributed by atoms with Gasteiger partial charge in [-0.15, -0.1) is 0 Å². The minimum atomic E-state index is -1.86. The van der Waals surface area contributed by atoms with Gasteiger partial charge in [-0.05, 0) is 31.4 Å². The number of carbonyl (C=O) groups is 4. The van der Waals surface area contributed by atoms with Gasteiger partial charge >= 0.3 is 0 Å². The van der Waals surface area contributed by atoms with Crippen LogP contribution in [0.25, 0.3) is 5.57 Å². The van der Waals surface area contributed by atoms with E-state index >= 15 is 0 Å². The molecule has 6 nitrogen and oxygen atoms in total. The van der Waals surface area contributed by atoms with Crippen molar-refractivity contribution in [2.75, 3.05) is 6.54 Å². The number of fused-ring (bicyclic) bond motifs is 3. The molecule has 2 unspecified atom stereocenters. The highest BCUT2D eigenvalue weighted by molar-refractivity contribution is 6.33. The molecular weight excluding hydrogens is 334 g/mol. The number of rotatable bonds is 2.